The molecule has 2 N–H and O–H groups in total. The zero-order chi connectivity index (χ0) is 11.5. The minimum Gasteiger partial charge on any atom is -0.353 e. The molecule has 16 heavy (non-hydrogen) atoms. The summed E-state index contributed by atoms with van der Waals surface area (Å²) >= 11 is 0. The minimum absolute atomic E-state index is 0.101. The predicted octanol–water partition coefficient (Wildman–Crippen LogP) is 1.57. The fraction of sp³-hybridized carbons (Fsp3) is 0.667. The van der Waals surface area contributed by atoms with E-state index in [1.54, 1.807) is 6.20 Å². The fourth-order valence-electron chi connectivity index (χ4n) is 2.09. The van der Waals surface area contributed by atoms with E-state index in [2.05, 4.69) is 22.4 Å². The Morgan fingerprint density at radius 2 is 2.44 bits per heavy atom. The maximum atomic E-state index is 11.8. The summed E-state index contributed by atoms with van der Waals surface area (Å²) in [5.41, 5.74) is 1.96. The van der Waals surface area contributed by atoms with Crippen LogP contribution in [-0.4, -0.2) is 22.1 Å². The van der Waals surface area contributed by atoms with Gasteiger partial charge in [0.1, 0.15) is 0 Å². The third kappa shape index (κ3) is 2.43. The summed E-state index contributed by atoms with van der Waals surface area (Å²) in [5.74, 6) is 0.790. The van der Waals surface area contributed by atoms with Crippen LogP contribution < -0.4 is 5.32 Å². The van der Waals surface area contributed by atoms with E-state index >= 15 is 0 Å². The van der Waals surface area contributed by atoms with Gasteiger partial charge in [-0.1, -0.05) is 6.42 Å². The highest BCUT2D eigenvalue weighted by molar-refractivity contribution is 5.79. The van der Waals surface area contributed by atoms with E-state index in [9.17, 15) is 4.79 Å². The first kappa shape index (κ1) is 11.2. The summed E-state index contributed by atoms with van der Waals surface area (Å²) in [6.07, 6.45) is 5.98. The van der Waals surface area contributed by atoms with Gasteiger partial charge in [0.15, 0.2) is 0 Å². The lowest BCUT2D eigenvalue weighted by Gasteiger charge is -2.31. The highest BCUT2D eigenvalue weighted by atomic mass is 16.1. The van der Waals surface area contributed by atoms with Gasteiger partial charge < -0.3 is 5.32 Å². The summed E-state index contributed by atoms with van der Waals surface area (Å²) in [6.45, 7) is 4.04. The maximum Gasteiger partial charge on any atom is 0.224 e. The molecule has 1 unspecified atom stereocenters. The molecule has 1 atom stereocenters. The molecule has 1 aromatic rings. The van der Waals surface area contributed by atoms with Crippen LogP contribution in [0.5, 0.6) is 0 Å². The van der Waals surface area contributed by atoms with Gasteiger partial charge in [-0.2, -0.15) is 5.10 Å². The maximum absolute atomic E-state index is 11.8. The smallest absolute Gasteiger partial charge is 0.224 e. The van der Waals surface area contributed by atoms with Crippen LogP contribution in [0.15, 0.2) is 6.20 Å². The number of aryl methyl sites for hydroxylation is 1. The van der Waals surface area contributed by atoms with Gasteiger partial charge in [0.2, 0.25) is 5.91 Å². The topological polar surface area (TPSA) is 57.8 Å². The number of rotatable bonds is 4. The van der Waals surface area contributed by atoms with Crippen molar-refractivity contribution in [1.29, 1.82) is 0 Å². The lowest BCUT2D eigenvalue weighted by Crippen LogP contribution is -2.41. The molecule has 1 amide bonds. The number of nitrogens with one attached hydrogen (secondary N) is 2. The normalized spacial score (nSPS) is 17.9. The molecule has 1 aliphatic rings. The third-order valence-corrected chi connectivity index (χ3v) is 3.53. The van der Waals surface area contributed by atoms with Crippen molar-refractivity contribution in [3.05, 3.63) is 17.5 Å². The van der Waals surface area contributed by atoms with Crippen LogP contribution in [-0.2, 0) is 11.2 Å². The molecule has 88 valence electrons. The quantitative estimate of drug-likeness (QED) is 0.810. The van der Waals surface area contributed by atoms with Gasteiger partial charge in [-0.25, -0.2) is 0 Å². The van der Waals surface area contributed by atoms with Crippen LogP contribution in [0.4, 0.5) is 0 Å². The average molecular weight is 221 g/mol. The highest BCUT2D eigenvalue weighted by Crippen LogP contribution is 2.29. The molecule has 1 heterocycles. The first-order chi connectivity index (χ1) is 7.66. The highest BCUT2D eigenvalue weighted by Gasteiger charge is 2.24. The van der Waals surface area contributed by atoms with Crippen LogP contribution in [0.1, 0.15) is 37.4 Å². The number of carbonyl (C=O) groups excluding carboxylic acids is 1. The Kier molecular flexibility index (Phi) is 3.27. The van der Waals surface area contributed by atoms with Crippen molar-refractivity contribution in [2.75, 3.05) is 0 Å². The van der Waals surface area contributed by atoms with Crippen molar-refractivity contribution < 1.29 is 4.79 Å². The number of aromatic nitrogens is 2. The van der Waals surface area contributed by atoms with E-state index < -0.39 is 0 Å². The number of carbonyl (C=O) groups is 1. The zero-order valence-corrected chi connectivity index (χ0v) is 9.92. The fourth-order valence-corrected chi connectivity index (χ4v) is 2.09. The SMILES string of the molecule is Cc1[nH]ncc1CC(=O)NC(C)C1CCC1. The molecule has 2 rings (SSSR count). The summed E-state index contributed by atoms with van der Waals surface area (Å²) in [6, 6.07) is 0.313. The molecule has 0 spiro atoms. The molecule has 4 nitrogen and oxygen atoms in total. The van der Waals surface area contributed by atoms with E-state index in [-0.39, 0.29) is 5.91 Å². The molecule has 1 fully saturated rings. The summed E-state index contributed by atoms with van der Waals surface area (Å²) < 4.78 is 0. The molecule has 0 saturated heterocycles. The van der Waals surface area contributed by atoms with Gasteiger partial charge >= 0.3 is 0 Å². The molecule has 1 aromatic heterocycles. The monoisotopic (exact) mass is 221 g/mol. The first-order valence-corrected chi connectivity index (χ1v) is 5.95. The Balaban J connectivity index is 1.82. The van der Waals surface area contributed by atoms with Crippen molar-refractivity contribution in [2.24, 2.45) is 5.92 Å². The van der Waals surface area contributed by atoms with Crippen LogP contribution in [0.3, 0.4) is 0 Å². The number of nitrogens with zero attached hydrogens (tertiary/aromatic N) is 1. The summed E-state index contributed by atoms with van der Waals surface area (Å²) in [5, 5.41) is 9.82. The largest absolute Gasteiger partial charge is 0.353 e. The summed E-state index contributed by atoms with van der Waals surface area (Å²) in [7, 11) is 0. The van der Waals surface area contributed by atoms with Gasteiger partial charge in [0.05, 0.1) is 12.6 Å². The van der Waals surface area contributed by atoms with E-state index in [1.165, 1.54) is 19.3 Å². The third-order valence-electron chi connectivity index (χ3n) is 3.53. The molecule has 0 aromatic carbocycles. The average Bonchev–Trinajstić information content (AvgIpc) is 2.48. The Morgan fingerprint density at radius 3 is 2.94 bits per heavy atom. The summed E-state index contributed by atoms with van der Waals surface area (Å²) in [4.78, 5) is 11.8. The lowest BCUT2D eigenvalue weighted by molar-refractivity contribution is -0.121. The van der Waals surface area contributed by atoms with E-state index in [1.807, 2.05) is 6.92 Å². The Labute approximate surface area is 95.8 Å². The van der Waals surface area contributed by atoms with Gasteiger partial charge in [0, 0.05) is 17.3 Å². The van der Waals surface area contributed by atoms with Crippen molar-refractivity contribution in [3.63, 3.8) is 0 Å². The number of hydrogen-bond donors (Lipinski definition) is 2. The lowest BCUT2D eigenvalue weighted by atomic mass is 9.80. The standard InChI is InChI=1S/C12H19N3O/c1-8(10-4-3-5-10)14-12(16)6-11-7-13-15-9(11)2/h7-8,10H,3-6H2,1-2H3,(H,13,15)(H,14,16). The van der Waals surface area contributed by atoms with Crippen LogP contribution in [0, 0.1) is 12.8 Å². The second kappa shape index (κ2) is 4.68. The molecule has 1 saturated carbocycles. The molecule has 4 heteroatoms. The van der Waals surface area contributed by atoms with Crippen molar-refractivity contribution in [2.45, 2.75) is 45.6 Å². The number of amides is 1. The molecule has 0 radical (unpaired) electrons. The van der Waals surface area contributed by atoms with Crippen LogP contribution in [0.2, 0.25) is 0 Å². The molecular formula is C12H19N3O. The molecule has 1 aliphatic carbocycles. The van der Waals surface area contributed by atoms with Crippen LogP contribution in [0.25, 0.3) is 0 Å². The Bertz CT molecular complexity index is 368. The van der Waals surface area contributed by atoms with Crippen molar-refractivity contribution >= 4 is 5.91 Å². The molecular weight excluding hydrogens is 202 g/mol. The minimum atomic E-state index is 0.101. The van der Waals surface area contributed by atoms with Gasteiger partial charge in [-0.3, -0.25) is 9.89 Å². The Hall–Kier alpha value is -1.32. The van der Waals surface area contributed by atoms with E-state index in [4.69, 9.17) is 0 Å². The molecule has 0 bridgehead atoms. The zero-order valence-electron chi connectivity index (χ0n) is 9.92. The molecule has 0 aliphatic heterocycles. The van der Waals surface area contributed by atoms with Crippen molar-refractivity contribution in [3.8, 4) is 0 Å². The van der Waals surface area contributed by atoms with Gasteiger partial charge in [-0.15, -0.1) is 0 Å². The Morgan fingerprint density at radius 1 is 1.69 bits per heavy atom. The number of hydrogen-bond acceptors (Lipinski definition) is 2. The van der Waals surface area contributed by atoms with Gasteiger partial charge in [0.25, 0.3) is 0 Å². The first-order valence-electron chi connectivity index (χ1n) is 5.95. The number of aromatic amines is 1. The number of H-pyrrole nitrogens is 1. The van der Waals surface area contributed by atoms with Crippen LogP contribution >= 0.6 is 0 Å². The van der Waals surface area contributed by atoms with Crippen molar-refractivity contribution in [1.82, 2.24) is 15.5 Å². The van der Waals surface area contributed by atoms with E-state index in [0.717, 1.165) is 11.3 Å². The van der Waals surface area contributed by atoms with E-state index in [0.29, 0.717) is 18.4 Å². The second-order valence-electron chi connectivity index (χ2n) is 4.74. The second-order valence-corrected chi connectivity index (χ2v) is 4.74. The predicted molar refractivity (Wildman–Crippen MR) is 62.0 cm³/mol. The van der Waals surface area contributed by atoms with Gasteiger partial charge in [-0.05, 0) is 32.6 Å².